The van der Waals surface area contributed by atoms with E-state index in [0.717, 1.165) is 37.3 Å². The van der Waals surface area contributed by atoms with Crippen molar-refractivity contribution < 1.29 is 0 Å². The maximum Gasteiger partial charge on any atom is 0.0708 e. The molecule has 0 radical (unpaired) electrons. The minimum absolute atomic E-state index is 0. The third-order valence-electron chi connectivity index (χ3n) is 4.38. The first kappa shape index (κ1) is 19.2. The van der Waals surface area contributed by atoms with Gasteiger partial charge in [-0.05, 0) is 43.5 Å². The van der Waals surface area contributed by atoms with E-state index in [1.807, 2.05) is 0 Å². The fourth-order valence-corrected chi connectivity index (χ4v) is 3.16. The zero-order valence-electron chi connectivity index (χ0n) is 13.2. The maximum absolute atomic E-state index is 6.11. The second kappa shape index (κ2) is 8.11. The molecule has 0 spiro atoms. The minimum atomic E-state index is 0. The van der Waals surface area contributed by atoms with Crippen molar-refractivity contribution in [2.45, 2.75) is 32.9 Å². The lowest BCUT2D eigenvalue weighted by molar-refractivity contribution is 0.158. The second-order valence-corrected chi connectivity index (χ2v) is 6.10. The molecule has 0 amide bonds. The Kier molecular flexibility index (Phi) is 7.07. The van der Waals surface area contributed by atoms with Crippen molar-refractivity contribution >= 4 is 35.7 Å². The quantitative estimate of drug-likeness (QED) is 0.907. The molecule has 5 heteroatoms. The fourth-order valence-electron chi connectivity index (χ4n) is 3.16. The van der Waals surface area contributed by atoms with Crippen LogP contribution >= 0.6 is 24.8 Å². The van der Waals surface area contributed by atoms with Crippen LogP contribution in [0.2, 0.25) is 0 Å². The monoisotopic (exact) mass is 341 g/mol. The number of rotatable bonds is 2. The smallest absolute Gasteiger partial charge is 0.0708 e. The van der Waals surface area contributed by atoms with Gasteiger partial charge in [-0.15, -0.1) is 24.8 Å². The van der Waals surface area contributed by atoms with Crippen LogP contribution in [-0.4, -0.2) is 29.0 Å². The minimum Gasteiger partial charge on any atom is -0.327 e. The van der Waals surface area contributed by atoms with Crippen molar-refractivity contribution in [3.05, 3.63) is 41.6 Å². The average Bonchev–Trinajstić information content (AvgIpc) is 2.43. The summed E-state index contributed by atoms with van der Waals surface area (Å²) in [5, 5.41) is 1.28. The lowest BCUT2D eigenvalue weighted by Gasteiger charge is -2.35. The number of nitrogens with zero attached hydrogens (tertiary/aromatic N) is 2. The molecule has 0 aliphatic carbocycles. The van der Waals surface area contributed by atoms with Gasteiger partial charge >= 0.3 is 0 Å². The van der Waals surface area contributed by atoms with Gasteiger partial charge in [-0.25, -0.2) is 0 Å². The first-order valence-electron chi connectivity index (χ1n) is 7.46. The molecule has 122 valence electrons. The van der Waals surface area contributed by atoms with Crippen molar-refractivity contribution in [2.24, 2.45) is 11.7 Å². The highest BCUT2D eigenvalue weighted by Crippen LogP contribution is 2.22. The molecule has 1 aromatic heterocycles. The second-order valence-electron chi connectivity index (χ2n) is 6.10. The van der Waals surface area contributed by atoms with Crippen molar-refractivity contribution in [3.8, 4) is 0 Å². The van der Waals surface area contributed by atoms with Gasteiger partial charge in [0.1, 0.15) is 0 Å². The molecular formula is C17H25Cl2N3. The summed E-state index contributed by atoms with van der Waals surface area (Å²) < 4.78 is 0. The van der Waals surface area contributed by atoms with Crippen LogP contribution in [0.4, 0.5) is 0 Å². The summed E-state index contributed by atoms with van der Waals surface area (Å²) in [7, 11) is 0. The Morgan fingerprint density at radius 2 is 2.00 bits per heavy atom. The molecule has 0 saturated carbocycles. The number of likely N-dealkylation sites (tertiary alicyclic amines) is 1. The molecule has 2 heterocycles. The van der Waals surface area contributed by atoms with E-state index in [1.54, 1.807) is 0 Å². The molecular weight excluding hydrogens is 317 g/mol. The van der Waals surface area contributed by atoms with Gasteiger partial charge in [-0.3, -0.25) is 9.88 Å². The number of hydrogen-bond acceptors (Lipinski definition) is 3. The van der Waals surface area contributed by atoms with Crippen molar-refractivity contribution in [3.63, 3.8) is 0 Å². The summed E-state index contributed by atoms with van der Waals surface area (Å²) in [5.41, 5.74) is 9.70. The van der Waals surface area contributed by atoms with Crippen LogP contribution < -0.4 is 5.73 Å². The Morgan fingerprint density at radius 3 is 2.73 bits per heavy atom. The Hall–Kier alpha value is -0.870. The highest BCUT2D eigenvalue weighted by molar-refractivity contribution is 5.85. The third-order valence-corrected chi connectivity index (χ3v) is 4.38. The number of fused-ring (bicyclic) bond motifs is 1. The van der Waals surface area contributed by atoms with Crippen molar-refractivity contribution in [1.82, 2.24) is 9.88 Å². The lowest BCUT2D eigenvalue weighted by Crippen LogP contribution is -2.45. The van der Waals surface area contributed by atoms with Crippen LogP contribution in [0.3, 0.4) is 0 Å². The first-order chi connectivity index (χ1) is 9.63. The van der Waals surface area contributed by atoms with Crippen LogP contribution in [0.1, 0.15) is 24.6 Å². The summed E-state index contributed by atoms with van der Waals surface area (Å²) in [6.45, 7) is 7.52. The van der Waals surface area contributed by atoms with Gasteiger partial charge in [-0.2, -0.15) is 0 Å². The van der Waals surface area contributed by atoms with Crippen LogP contribution in [0, 0.1) is 12.8 Å². The van der Waals surface area contributed by atoms with Gasteiger partial charge in [0.2, 0.25) is 0 Å². The number of benzene rings is 1. The van der Waals surface area contributed by atoms with Gasteiger partial charge in [0.05, 0.1) is 5.52 Å². The molecule has 0 bridgehead atoms. The zero-order valence-corrected chi connectivity index (χ0v) is 14.8. The topological polar surface area (TPSA) is 42.1 Å². The standard InChI is InChI=1S/C17H23N3.2ClH/c1-12-10-20(8-7-16(12)18)11-14-9-13(2)19-17-6-4-3-5-15(14)17;;/h3-6,9,12,16H,7-8,10-11,18H2,1-2H3;2*1H. The lowest BCUT2D eigenvalue weighted by atomic mass is 9.94. The van der Waals surface area contributed by atoms with E-state index in [0.29, 0.717) is 12.0 Å². The fraction of sp³-hybridized carbons (Fsp3) is 0.471. The summed E-state index contributed by atoms with van der Waals surface area (Å²) in [6, 6.07) is 11.0. The summed E-state index contributed by atoms with van der Waals surface area (Å²) in [5.74, 6) is 0.581. The number of halogens is 2. The summed E-state index contributed by atoms with van der Waals surface area (Å²) in [4.78, 5) is 7.14. The molecule has 1 saturated heterocycles. The molecule has 1 aliphatic rings. The molecule has 2 N–H and O–H groups in total. The number of para-hydroxylation sites is 1. The number of nitrogens with two attached hydrogens (primary N) is 1. The largest absolute Gasteiger partial charge is 0.327 e. The van der Waals surface area contributed by atoms with Crippen LogP contribution in [0.15, 0.2) is 30.3 Å². The molecule has 1 aromatic carbocycles. The van der Waals surface area contributed by atoms with Crippen molar-refractivity contribution in [2.75, 3.05) is 13.1 Å². The van der Waals surface area contributed by atoms with E-state index in [1.165, 1.54) is 10.9 Å². The molecule has 3 nitrogen and oxygen atoms in total. The first-order valence-corrected chi connectivity index (χ1v) is 7.46. The number of aromatic nitrogens is 1. The maximum atomic E-state index is 6.11. The van der Waals surface area contributed by atoms with Gasteiger partial charge in [0.25, 0.3) is 0 Å². The Labute approximate surface area is 145 Å². The molecule has 2 atom stereocenters. The van der Waals surface area contributed by atoms with Gasteiger partial charge in [-0.1, -0.05) is 25.1 Å². The molecule has 3 rings (SSSR count). The predicted octanol–water partition coefficient (Wildman–Crippen LogP) is 3.56. The number of pyridine rings is 1. The van der Waals surface area contributed by atoms with E-state index >= 15 is 0 Å². The Morgan fingerprint density at radius 1 is 1.27 bits per heavy atom. The Balaban J connectivity index is 0.00000121. The van der Waals surface area contributed by atoms with E-state index in [9.17, 15) is 0 Å². The molecule has 2 unspecified atom stereocenters. The van der Waals surface area contributed by atoms with Gasteiger partial charge in [0, 0.05) is 30.2 Å². The summed E-state index contributed by atoms with van der Waals surface area (Å²) >= 11 is 0. The molecule has 22 heavy (non-hydrogen) atoms. The molecule has 2 aromatic rings. The predicted molar refractivity (Wildman–Crippen MR) is 98.0 cm³/mol. The summed E-state index contributed by atoms with van der Waals surface area (Å²) in [6.07, 6.45) is 1.10. The highest BCUT2D eigenvalue weighted by atomic mass is 35.5. The molecule has 1 fully saturated rings. The Bertz CT molecular complexity index is 618. The number of hydrogen-bond donors (Lipinski definition) is 1. The van der Waals surface area contributed by atoms with E-state index in [4.69, 9.17) is 5.73 Å². The molecule has 1 aliphatic heterocycles. The third kappa shape index (κ3) is 4.11. The SMILES string of the molecule is Cc1cc(CN2CCC(N)C(C)C2)c2ccccc2n1.Cl.Cl. The van der Waals surface area contributed by atoms with E-state index < -0.39 is 0 Å². The van der Waals surface area contributed by atoms with E-state index in [-0.39, 0.29) is 24.8 Å². The normalized spacial score (nSPS) is 22.0. The number of aryl methyl sites for hydroxylation is 1. The van der Waals surface area contributed by atoms with E-state index in [2.05, 4.69) is 54.1 Å². The average molecular weight is 342 g/mol. The highest BCUT2D eigenvalue weighted by Gasteiger charge is 2.23. The number of piperidine rings is 1. The van der Waals surface area contributed by atoms with Crippen LogP contribution in [-0.2, 0) is 6.54 Å². The van der Waals surface area contributed by atoms with Gasteiger partial charge in [0.15, 0.2) is 0 Å². The van der Waals surface area contributed by atoms with Crippen molar-refractivity contribution in [1.29, 1.82) is 0 Å². The zero-order chi connectivity index (χ0) is 14.1. The van der Waals surface area contributed by atoms with Crippen LogP contribution in [0.25, 0.3) is 10.9 Å². The van der Waals surface area contributed by atoms with Gasteiger partial charge < -0.3 is 5.73 Å². The van der Waals surface area contributed by atoms with Crippen LogP contribution in [0.5, 0.6) is 0 Å².